The summed E-state index contributed by atoms with van der Waals surface area (Å²) in [6.45, 7) is 6.63. The molecule has 0 saturated heterocycles. The highest BCUT2D eigenvalue weighted by Gasteiger charge is 2.15. The fourth-order valence-corrected chi connectivity index (χ4v) is 3.73. The average Bonchev–Trinajstić information content (AvgIpc) is 3.03. The molecule has 0 amide bonds. The fraction of sp³-hybridized carbons (Fsp3) is 0.333. The van der Waals surface area contributed by atoms with Crippen molar-refractivity contribution in [3.63, 3.8) is 0 Å². The predicted molar refractivity (Wildman–Crippen MR) is 112 cm³/mol. The van der Waals surface area contributed by atoms with E-state index in [9.17, 15) is 4.39 Å². The Morgan fingerprint density at radius 3 is 2.72 bits per heavy atom. The second-order valence-electron chi connectivity index (χ2n) is 7.25. The first-order valence-corrected chi connectivity index (χ1v) is 9.70. The number of hydrogen-bond donors (Lipinski definition) is 3. The summed E-state index contributed by atoms with van der Waals surface area (Å²) in [5.41, 5.74) is 3.44. The summed E-state index contributed by atoms with van der Waals surface area (Å²) >= 11 is 0. The van der Waals surface area contributed by atoms with Crippen LogP contribution in [0.3, 0.4) is 0 Å². The molecule has 0 spiro atoms. The van der Waals surface area contributed by atoms with Crippen LogP contribution in [0.5, 0.6) is 0 Å². The van der Waals surface area contributed by atoms with E-state index >= 15 is 0 Å². The van der Waals surface area contributed by atoms with Crippen LogP contribution in [0.4, 0.5) is 21.8 Å². The van der Waals surface area contributed by atoms with Crippen LogP contribution < -0.4 is 21.2 Å². The SMILES string of the molecule is CC1=c2c(CCNc3cc(Nc4ccncn4)nc(C)n3)c(C)[nH]c2=C(F)CC1. The molecule has 3 N–H and O–H groups in total. The number of hydrogen-bond acceptors (Lipinski definition) is 6. The van der Waals surface area contributed by atoms with Crippen LogP contribution in [0.1, 0.15) is 36.8 Å². The quantitative estimate of drug-likeness (QED) is 0.596. The van der Waals surface area contributed by atoms with E-state index < -0.39 is 0 Å². The number of aromatic amines is 1. The van der Waals surface area contributed by atoms with Crippen LogP contribution in [-0.2, 0) is 6.42 Å². The Bertz CT molecular complexity index is 1150. The zero-order valence-electron chi connectivity index (χ0n) is 16.8. The van der Waals surface area contributed by atoms with Crippen molar-refractivity contribution in [2.45, 2.75) is 40.0 Å². The van der Waals surface area contributed by atoms with Crippen molar-refractivity contribution >= 4 is 28.9 Å². The second kappa shape index (κ2) is 7.98. The Morgan fingerprint density at radius 1 is 1.10 bits per heavy atom. The standard InChI is InChI=1S/C21H24FN7/c1-12-4-5-16(22)21-20(12)15(13(2)26-21)6-9-24-18-10-19(28-14(3)27-18)29-17-7-8-23-11-25-17/h7-8,10-11,26H,4-6,9H2,1-3H3,(H2,23,24,25,27,28,29). The van der Waals surface area contributed by atoms with Crippen LogP contribution in [0, 0.1) is 13.8 Å². The monoisotopic (exact) mass is 393 g/mol. The van der Waals surface area contributed by atoms with Gasteiger partial charge in [-0.3, -0.25) is 0 Å². The average molecular weight is 393 g/mol. The first-order chi connectivity index (χ1) is 14.0. The number of halogens is 1. The first-order valence-electron chi connectivity index (χ1n) is 9.70. The Morgan fingerprint density at radius 2 is 1.93 bits per heavy atom. The maximum Gasteiger partial charge on any atom is 0.137 e. The van der Waals surface area contributed by atoms with E-state index in [-0.39, 0.29) is 5.83 Å². The van der Waals surface area contributed by atoms with Crippen LogP contribution in [-0.4, -0.2) is 31.5 Å². The highest BCUT2D eigenvalue weighted by atomic mass is 19.1. The van der Waals surface area contributed by atoms with Gasteiger partial charge < -0.3 is 15.6 Å². The first kappa shape index (κ1) is 19.0. The minimum Gasteiger partial charge on any atom is -0.370 e. The van der Waals surface area contributed by atoms with Gasteiger partial charge in [-0.2, -0.15) is 0 Å². The summed E-state index contributed by atoms with van der Waals surface area (Å²) in [6.07, 6.45) is 5.19. The Hall–Kier alpha value is -3.29. The van der Waals surface area contributed by atoms with Gasteiger partial charge in [-0.15, -0.1) is 0 Å². The van der Waals surface area contributed by atoms with Crippen molar-refractivity contribution in [3.05, 3.63) is 52.3 Å². The summed E-state index contributed by atoms with van der Waals surface area (Å²) in [7, 11) is 0. The van der Waals surface area contributed by atoms with Crippen LogP contribution in [0.15, 0.2) is 24.7 Å². The van der Waals surface area contributed by atoms with Crippen LogP contribution in [0.25, 0.3) is 11.4 Å². The van der Waals surface area contributed by atoms with E-state index in [2.05, 4.69) is 42.5 Å². The van der Waals surface area contributed by atoms with E-state index in [4.69, 9.17) is 0 Å². The zero-order chi connectivity index (χ0) is 20.4. The van der Waals surface area contributed by atoms with E-state index in [1.807, 2.05) is 19.9 Å². The second-order valence-corrected chi connectivity index (χ2v) is 7.25. The lowest BCUT2D eigenvalue weighted by molar-refractivity contribution is 0.687. The Kier molecular flexibility index (Phi) is 5.24. The fourth-order valence-electron chi connectivity index (χ4n) is 3.73. The van der Waals surface area contributed by atoms with Crippen molar-refractivity contribution in [2.75, 3.05) is 17.2 Å². The maximum absolute atomic E-state index is 14.2. The van der Waals surface area contributed by atoms with Crippen molar-refractivity contribution in [3.8, 4) is 0 Å². The molecule has 3 heterocycles. The Labute approximate surface area is 168 Å². The molecule has 4 rings (SSSR count). The normalized spacial score (nSPS) is 13.4. The summed E-state index contributed by atoms with van der Waals surface area (Å²) in [5.74, 6) is 2.68. The van der Waals surface area contributed by atoms with Crippen LogP contribution >= 0.6 is 0 Å². The van der Waals surface area contributed by atoms with Crippen LogP contribution in [0.2, 0.25) is 0 Å². The number of aromatic nitrogens is 5. The molecule has 8 heteroatoms. The minimum absolute atomic E-state index is 0.0419. The molecule has 0 bridgehead atoms. The predicted octanol–water partition coefficient (Wildman–Crippen LogP) is 2.65. The molecule has 0 fully saturated rings. The third kappa shape index (κ3) is 4.11. The minimum atomic E-state index is -0.0419. The van der Waals surface area contributed by atoms with Crippen molar-refractivity contribution in [1.82, 2.24) is 24.9 Å². The lowest BCUT2D eigenvalue weighted by Crippen LogP contribution is -2.32. The highest BCUT2D eigenvalue weighted by Crippen LogP contribution is 2.17. The molecule has 0 aromatic carbocycles. The molecular weight excluding hydrogens is 369 g/mol. The number of aryl methyl sites for hydroxylation is 2. The van der Waals surface area contributed by atoms with E-state index in [0.717, 1.165) is 29.6 Å². The van der Waals surface area contributed by atoms with Gasteiger partial charge in [0.2, 0.25) is 0 Å². The molecular formula is C21H24FN7. The topological polar surface area (TPSA) is 91.4 Å². The largest absolute Gasteiger partial charge is 0.370 e. The molecule has 0 atom stereocenters. The lowest BCUT2D eigenvalue weighted by Gasteiger charge is -2.11. The van der Waals surface area contributed by atoms with E-state index in [1.165, 1.54) is 17.5 Å². The molecule has 0 unspecified atom stereocenters. The van der Waals surface area contributed by atoms with Gasteiger partial charge >= 0.3 is 0 Å². The molecule has 3 aromatic heterocycles. The number of rotatable bonds is 6. The molecule has 0 radical (unpaired) electrons. The number of nitrogens with one attached hydrogen (secondary N) is 3. The van der Waals surface area contributed by atoms with Gasteiger partial charge in [0.25, 0.3) is 0 Å². The molecule has 7 nitrogen and oxygen atoms in total. The number of anilines is 3. The number of fused-ring (bicyclic) bond motifs is 1. The number of H-pyrrole nitrogens is 1. The Balaban J connectivity index is 1.50. The summed E-state index contributed by atoms with van der Waals surface area (Å²) in [5, 5.41) is 8.23. The lowest BCUT2D eigenvalue weighted by atomic mass is 10.00. The zero-order valence-corrected chi connectivity index (χ0v) is 16.8. The smallest absolute Gasteiger partial charge is 0.137 e. The van der Waals surface area contributed by atoms with E-state index in [0.29, 0.717) is 35.8 Å². The van der Waals surface area contributed by atoms with Gasteiger partial charge in [0.1, 0.15) is 35.4 Å². The van der Waals surface area contributed by atoms with Crippen molar-refractivity contribution in [1.29, 1.82) is 0 Å². The maximum atomic E-state index is 14.2. The summed E-state index contributed by atoms with van der Waals surface area (Å²) in [6, 6.07) is 3.62. The highest BCUT2D eigenvalue weighted by molar-refractivity contribution is 5.56. The third-order valence-corrected chi connectivity index (χ3v) is 5.09. The summed E-state index contributed by atoms with van der Waals surface area (Å²) in [4.78, 5) is 20.2. The molecule has 0 saturated carbocycles. The molecule has 150 valence electrons. The van der Waals surface area contributed by atoms with Gasteiger partial charge in [-0.1, -0.05) is 5.57 Å². The van der Waals surface area contributed by atoms with Crippen molar-refractivity contribution in [2.24, 2.45) is 0 Å². The van der Waals surface area contributed by atoms with Gasteiger partial charge in [0.15, 0.2) is 0 Å². The molecule has 1 aliphatic carbocycles. The molecule has 0 aliphatic heterocycles. The third-order valence-electron chi connectivity index (χ3n) is 5.09. The van der Waals surface area contributed by atoms with Gasteiger partial charge in [-0.05, 0) is 45.2 Å². The molecule has 1 aliphatic rings. The van der Waals surface area contributed by atoms with Gasteiger partial charge in [-0.25, -0.2) is 24.3 Å². The van der Waals surface area contributed by atoms with E-state index in [1.54, 1.807) is 12.3 Å². The molecule has 3 aromatic rings. The van der Waals surface area contributed by atoms with Gasteiger partial charge in [0.05, 0.1) is 5.35 Å². The number of nitrogens with zero attached hydrogens (tertiary/aromatic N) is 4. The molecule has 29 heavy (non-hydrogen) atoms. The van der Waals surface area contributed by atoms with Gasteiger partial charge in [0, 0.05) is 36.1 Å². The summed E-state index contributed by atoms with van der Waals surface area (Å²) < 4.78 is 14.2. The van der Waals surface area contributed by atoms with Crippen molar-refractivity contribution < 1.29 is 4.39 Å².